The lowest BCUT2D eigenvalue weighted by molar-refractivity contribution is -0.121. The molecule has 0 saturated carbocycles. The summed E-state index contributed by atoms with van der Waals surface area (Å²) in [5.74, 6) is 3.87. The molecule has 0 aromatic heterocycles. The van der Waals surface area contributed by atoms with Crippen molar-refractivity contribution in [1.29, 1.82) is 0 Å². The van der Waals surface area contributed by atoms with E-state index in [0.29, 0.717) is 0 Å². The molecule has 1 amide bonds. The lowest BCUT2D eigenvalue weighted by Crippen LogP contribution is -2.40. The highest BCUT2D eigenvalue weighted by atomic mass is 32.2. The Morgan fingerprint density at radius 1 is 1.67 bits per heavy atom. The minimum absolute atomic E-state index is 0.0787. The molecule has 3 heteroatoms. The molecular formula is C12H19NOS. The van der Waals surface area contributed by atoms with Gasteiger partial charge in [0.2, 0.25) is 5.91 Å². The molecule has 0 radical (unpaired) electrons. The Kier molecular flexibility index (Phi) is 5.63. The molecule has 1 saturated heterocycles. The van der Waals surface area contributed by atoms with Crippen molar-refractivity contribution in [2.75, 3.05) is 5.75 Å². The molecule has 0 bridgehead atoms. The van der Waals surface area contributed by atoms with Gasteiger partial charge < -0.3 is 5.32 Å². The van der Waals surface area contributed by atoms with E-state index >= 15 is 0 Å². The topological polar surface area (TPSA) is 29.1 Å². The zero-order valence-electron chi connectivity index (χ0n) is 9.29. The molecule has 0 aromatic rings. The summed E-state index contributed by atoms with van der Waals surface area (Å²) < 4.78 is 0. The molecule has 2 unspecified atom stereocenters. The van der Waals surface area contributed by atoms with Crippen LogP contribution in [0.1, 0.15) is 39.0 Å². The number of terminal acetylenes is 1. The predicted octanol–water partition coefficient (Wildman–Crippen LogP) is 2.19. The molecule has 2 atom stereocenters. The molecule has 1 aliphatic heterocycles. The van der Waals surface area contributed by atoms with Crippen LogP contribution < -0.4 is 5.32 Å². The summed E-state index contributed by atoms with van der Waals surface area (Å²) in [6, 6.07) is -0.0787. The van der Waals surface area contributed by atoms with Gasteiger partial charge in [-0.15, -0.1) is 18.2 Å². The third kappa shape index (κ3) is 4.17. The second-order valence-corrected chi connectivity index (χ2v) is 5.18. The van der Waals surface area contributed by atoms with E-state index in [1.807, 2.05) is 0 Å². The monoisotopic (exact) mass is 225 g/mol. The number of carbonyl (C=O) groups excluding carboxylic acids is 1. The normalized spacial score (nSPS) is 22.8. The number of thioether (sulfide) groups is 1. The first-order valence-electron chi connectivity index (χ1n) is 5.66. The van der Waals surface area contributed by atoms with Gasteiger partial charge in [-0.1, -0.05) is 25.7 Å². The van der Waals surface area contributed by atoms with Crippen molar-refractivity contribution < 1.29 is 4.79 Å². The van der Waals surface area contributed by atoms with Crippen LogP contribution in [0.4, 0.5) is 0 Å². The van der Waals surface area contributed by atoms with Gasteiger partial charge in [0.05, 0.1) is 11.3 Å². The highest BCUT2D eigenvalue weighted by Crippen LogP contribution is 2.25. The van der Waals surface area contributed by atoms with E-state index < -0.39 is 0 Å². The van der Waals surface area contributed by atoms with Gasteiger partial charge >= 0.3 is 0 Å². The summed E-state index contributed by atoms with van der Waals surface area (Å²) in [5, 5.41) is 3.07. The fourth-order valence-electron chi connectivity index (χ4n) is 1.70. The van der Waals surface area contributed by atoms with Gasteiger partial charge in [0.15, 0.2) is 0 Å². The molecule has 84 valence electrons. The fourth-order valence-corrected chi connectivity index (χ4v) is 2.91. The minimum Gasteiger partial charge on any atom is -0.342 e. The summed E-state index contributed by atoms with van der Waals surface area (Å²) in [6.07, 6.45) is 10.7. The second-order valence-electron chi connectivity index (χ2n) is 3.87. The molecule has 1 fully saturated rings. The van der Waals surface area contributed by atoms with Gasteiger partial charge in [0.25, 0.3) is 0 Å². The van der Waals surface area contributed by atoms with E-state index in [-0.39, 0.29) is 17.2 Å². The van der Waals surface area contributed by atoms with Crippen molar-refractivity contribution in [2.45, 2.75) is 50.3 Å². The first-order chi connectivity index (χ1) is 7.27. The number of rotatable bonds is 4. The molecule has 1 N–H and O–H groups in total. The molecule has 2 nitrogen and oxygen atoms in total. The number of carbonyl (C=O) groups is 1. The van der Waals surface area contributed by atoms with Crippen molar-refractivity contribution in [2.24, 2.45) is 0 Å². The third-order valence-corrected chi connectivity index (χ3v) is 3.94. The fraction of sp³-hybridized carbons (Fsp3) is 0.750. The van der Waals surface area contributed by atoms with Crippen LogP contribution in [-0.4, -0.2) is 23.0 Å². The lowest BCUT2D eigenvalue weighted by Gasteiger charge is -2.22. The Morgan fingerprint density at radius 2 is 2.47 bits per heavy atom. The molecule has 1 rings (SSSR count). The Balaban J connectivity index is 2.36. The van der Waals surface area contributed by atoms with Gasteiger partial charge in [-0.2, -0.15) is 0 Å². The molecule has 1 aliphatic rings. The smallest absolute Gasteiger partial charge is 0.234 e. The van der Waals surface area contributed by atoms with Gasteiger partial charge in [0.1, 0.15) is 0 Å². The van der Waals surface area contributed by atoms with Crippen LogP contribution in [0.25, 0.3) is 0 Å². The second kappa shape index (κ2) is 6.79. The van der Waals surface area contributed by atoms with Gasteiger partial charge in [-0.05, 0) is 25.0 Å². The Labute approximate surface area is 96.6 Å². The van der Waals surface area contributed by atoms with E-state index in [1.54, 1.807) is 11.8 Å². The van der Waals surface area contributed by atoms with Crippen molar-refractivity contribution in [3.63, 3.8) is 0 Å². The van der Waals surface area contributed by atoms with Crippen molar-refractivity contribution >= 4 is 17.7 Å². The third-order valence-electron chi connectivity index (χ3n) is 2.57. The number of nitrogens with one attached hydrogen (secondary N) is 1. The van der Waals surface area contributed by atoms with Gasteiger partial charge in [-0.3, -0.25) is 4.79 Å². The van der Waals surface area contributed by atoms with Gasteiger partial charge in [0, 0.05) is 0 Å². The standard InChI is InChI=1S/C12H19NOS/c1-3-7-10(4-2)13-12(14)11-8-5-6-9-15-11/h2,10-11H,3,5-9H2,1H3,(H,13,14). The maximum Gasteiger partial charge on any atom is 0.234 e. The maximum absolute atomic E-state index is 11.8. The quantitative estimate of drug-likeness (QED) is 0.743. The van der Waals surface area contributed by atoms with Crippen LogP contribution in [0, 0.1) is 12.3 Å². The Bertz CT molecular complexity index is 240. The van der Waals surface area contributed by atoms with Crippen LogP contribution in [0.15, 0.2) is 0 Å². The van der Waals surface area contributed by atoms with Crippen LogP contribution >= 0.6 is 11.8 Å². The summed E-state index contributed by atoms with van der Waals surface area (Å²) in [6.45, 7) is 2.08. The van der Waals surface area contributed by atoms with E-state index in [0.717, 1.165) is 25.0 Å². The van der Waals surface area contributed by atoms with Crippen molar-refractivity contribution in [3.8, 4) is 12.3 Å². The molecule has 15 heavy (non-hydrogen) atoms. The lowest BCUT2D eigenvalue weighted by atomic mass is 10.1. The highest BCUT2D eigenvalue weighted by molar-refractivity contribution is 8.00. The summed E-state index contributed by atoms with van der Waals surface area (Å²) >= 11 is 1.76. The first-order valence-corrected chi connectivity index (χ1v) is 6.71. The molecule has 0 aromatic carbocycles. The number of hydrogen-bond donors (Lipinski definition) is 1. The van der Waals surface area contributed by atoms with E-state index in [9.17, 15) is 4.79 Å². The minimum atomic E-state index is -0.0787. The molecule has 0 aliphatic carbocycles. The van der Waals surface area contributed by atoms with Crippen LogP contribution in [0.5, 0.6) is 0 Å². The average molecular weight is 225 g/mol. The van der Waals surface area contributed by atoms with Crippen LogP contribution in [0.3, 0.4) is 0 Å². The maximum atomic E-state index is 11.8. The Morgan fingerprint density at radius 3 is 3.00 bits per heavy atom. The van der Waals surface area contributed by atoms with Crippen molar-refractivity contribution in [1.82, 2.24) is 5.32 Å². The zero-order valence-corrected chi connectivity index (χ0v) is 10.1. The van der Waals surface area contributed by atoms with E-state index in [2.05, 4.69) is 18.2 Å². The predicted molar refractivity (Wildman–Crippen MR) is 65.8 cm³/mol. The SMILES string of the molecule is C#CC(CCC)NC(=O)C1CCCCS1. The number of amides is 1. The van der Waals surface area contributed by atoms with E-state index in [1.165, 1.54) is 12.8 Å². The summed E-state index contributed by atoms with van der Waals surface area (Å²) in [5.41, 5.74) is 0. The number of hydrogen-bond acceptors (Lipinski definition) is 2. The summed E-state index contributed by atoms with van der Waals surface area (Å²) in [4.78, 5) is 11.8. The largest absolute Gasteiger partial charge is 0.342 e. The Hall–Kier alpha value is -0.620. The van der Waals surface area contributed by atoms with Crippen LogP contribution in [-0.2, 0) is 4.79 Å². The molecule has 1 heterocycles. The van der Waals surface area contributed by atoms with Crippen molar-refractivity contribution in [3.05, 3.63) is 0 Å². The summed E-state index contributed by atoms with van der Waals surface area (Å²) in [7, 11) is 0. The molecular weight excluding hydrogens is 206 g/mol. The highest BCUT2D eigenvalue weighted by Gasteiger charge is 2.22. The molecule has 0 spiro atoms. The first kappa shape index (κ1) is 12.4. The van der Waals surface area contributed by atoms with E-state index in [4.69, 9.17) is 6.42 Å². The average Bonchev–Trinajstić information content (AvgIpc) is 2.29. The zero-order chi connectivity index (χ0) is 11.1. The van der Waals surface area contributed by atoms with Gasteiger partial charge in [-0.25, -0.2) is 0 Å². The van der Waals surface area contributed by atoms with Crippen LogP contribution in [0.2, 0.25) is 0 Å².